The van der Waals surface area contributed by atoms with E-state index in [9.17, 15) is 0 Å². The maximum absolute atomic E-state index is 4.94. The number of aromatic nitrogens is 4. The van der Waals surface area contributed by atoms with Crippen LogP contribution in [0.25, 0.3) is 32.9 Å². The van der Waals surface area contributed by atoms with Crippen LogP contribution in [-0.4, -0.2) is 19.6 Å². The van der Waals surface area contributed by atoms with Crippen LogP contribution in [0.3, 0.4) is 0 Å². The Hall–Kier alpha value is -3.49. The molecule has 0 saturated heterocycles. The van der Waals surface area contributed by atoms with Gasteiger partial charge in [0.05, 0.1) is 16.8 Å². The van der Waals surface area contributed by atoms with Gasteiger partial charge in [0.1, 0.15) is 0 Å². The molecule has 6 rings (SSSR count). The van der Waals surface area contributed by atoms with E-state index in [0.29, 0.717) is 0 Å². The molecule has 0 spiro atoms. The molecule has 5 heteroatoms. The number of rotatable bonds is 4. The molecule has 4 nitrogen and oxygen atoms in total. The van der Waals surface area contributed by atoms with Crippen LogP contribution in [0.15, 0.2) is 97.3 Å². The Morgan fingerprint density at radius 3 is 1.53 bits per heavy atom. The summed E-state index contributed by atoms with van der Waals surface area (Å²) < 4.78 is 3.82. The summed E-state index contributed by atoms with van der Waals surface area (Å²) in [4.78, 5) is 0. The van der Waals surface area contributed by atoms with Crippen molar-refractivity contribution in [1.82, 2.24) is 19.6 Å². The van der Waals surface area contributed by atoms with Gasteiger partial charge in [-0.2, -0.15) is 46.6 Å². The van der Waals surface area contributed by atoms with E-state index in [4.69, 9.17) is 10.2 Å². The average molecular weight is 622 g/mol. The first-order chi connectivity index (χ1) is 16.1. The first-order valence-electron chi connectivity index (χ1n) is 11.0. The Labute approximate surface area is 213 Å². The van der Waals surface area contributed by atoms with E-state index in [2.05, 4.69) is 74.5 Å². The topological polar surface area (TPSA) is 35.6 Å². The fraction of sp³-hybridized carbons (Fsp3) is 0.103. The smallest absolute Gasteiger partial charge is 0.265 e. The number of hydrogen-bond acceptors (Lipinski definition) is 2. The van der Waals surface area contributed by atoms with Gasteiger partial charge in [-0.3, -0.25) is 9.36 Å². The average Bonchev–Trinajstić information content (AvgIpc) is 3.55. The van der Waals surface area contributed by atoms with Crippen LogP contribution in [-0.2, 0) is 26.5 Å². The van der Waals surface area contributed by atoms with Gasteiger partial charge in [0, 0.05) is 12.4 Å². The molecule has 0 aliphatic heterocycles. The van der Waals surface area contributed by atoms with E-state index in [1.165, 1.54) is 10.8 Å². The number of nitrogens with zero attached hydrogens (tertiary/aromatic N) is 4. The van der Waals surface area contributed by atoms with Gasteiger partial charge in [-0.1, -0.05) is 36.4 Å². The van der Waals surface area contributed by atoms with Crippen LogP contribution < -0.4 is 0 Å². The normalized spacial score (nSPS) is 11.6. The molecule has 0 saturated carbocycles. The minimum atomic E-state index is -0.369. The molecule has 0 N–H and O–H groups in total. The third-order valence-electron chi connectivity index (χ3n) is 6.31. The molecule has 2 heterocycles. The van der Waals surface area contributed by atoms with Gasteiger partial charge in [0.25, 0.3) is 0 Å². The summed E-state index contributed by atoms with van der Waals surface area (Å²) in [7, 11) is 0. The summed E-state index contributed by atoms with van der Waals surface area (Å²) in [6, 6.07) is 35.5. The molecule has 4 aromatic carbocycles. The van der Waals surface area contributed by atoms with Crippen LogP contribution in [0.2, 0.25) is 0 Å². The van der Waals surface area contributed by atoms with Crippen molar-refractivity contribution in [2.75, 3.05) is 0 Å². The molecule has 0 radical (unpaired) electrons. The molecule has 0 aliphatic rings. The Morgan fingerprint density at radius 2 is 1.06 bits per heavy atom. The minimum Gasteiger partial charge on any atom is -0.265 e. The van der Waals surface area contributed by atoms with Gasteiger partial charge in [-0.25, -0.2) is 0 Å². The molecule has 0 amide bonds. The number of benzene rings is 4. The zero-order chi connectivity index (χ0) is 22.4. The first-order valence-corrected chi connectivity index (χ1v) is 11.0. The molecule has 2 aromatic heterocycles. The van der Waals surface area contributed by atoms with Crippen LogP contribution in [0.4, 0.5) is 0 Å². The van der Waals surface area contributed by atoms with Crippen LogP contribution in [0.5, 0.6) is 0 Å². The molecule has 0 bridgehead atoms. The van der Waals surface area contributed by atoms with E-state index in [1.54, 1.807) is 0 Å². The van der Waals surface area contributed by atoms with Gasteiger partial charge in [-0.15, -0.1) is 33.7 Å². The van der Waals surface area contributed by atoms with Crippen molar-refractivity contribution < 1.29 is 21.1 Å². The Morgan fingerprint density at radius 1 is 0.618 bits per heavy atom. The first kappa shape index (κ1) is 22.3. The molecule has 0 aliphatic carbocycles. The molecular weight excluding hydrogens is 599 g/mol. The van der Waals surface area contributed by atoms with E-state index in [1.807, 2.05) is 58.2 Å². The second-order valence-corrected chi connectivity index (χ2v) is 8.74. The van der Waals surface area contributed by atoms with Crippen molar-refractivity contribution in [3.8, 4) is 11.4 Å². The van der Waals surface area contributed by atoms with Crippen LogP contribution >= 0.6 is 0 Å². The van der Waals surface area contributed by atoms with Crippen molar-refractivity contribution in [1.29, 1.82) is 0 Å². The Balaban J connectivity index is 0.00000241. The number of fused-ring (bicyclic) bond motifs is 2. The molecule has 34 heavy (non-hydrogen) atoms. The van der Waals surface area contributed by atoms with Crippen molar-refractivity contribution in [2.24, 2.45) is 0 Å². The molecule has 0 fully saturated rings. The summed E-state index contributed by atoms with van der Waals surface area (Å²) in [6.07, 6.45) is 4.01. The molecule has 0 unspecified atom stereocenters. The largest absolute Gasteiger partial charge is 2.00 e. The summed E-state index contributed by atoms with van der Waals surface area (Å²) in [5.74, 6) is 0. The SMILES string of the molecule is CC(C)(c1ccn(-c2[c-]ccc3ccccc23)n1)c1ccn(-c2[c-]ccc3ccccc23)n1.[Pt+2]. The fourth-order valence-corrected chi connectivity index (χ4v) is 4.37. The van der Waals surface area contributed by atoms with Gasteiger partial charge in [0.2, 0.25) is 0 Å². The molecule has 6 aromatic rings. The predicted octanol–water partition coefficient (Wildman–Crippen LogP) is 6.29. The van der Waals surface area contributed by atoms with E-state index in [0.717, 1.165) is 33.5 Å². The fourth-order valence-electron chi connectivity index (χ4n) is 4.37. The number of hydrogen-bond donors (Lipinski definition) is 0. The standard InChI is InChI=1S/C29H22N4.Pt/c1-29(2,27-17-19-32(30-27)25-15-7-11-21-9-3-5-13-23(21)25)28-18-20-33(31-28)26-16-8-12-22-10-4-6-14-24(22)26;/h3-14,17-20H,1-2H3;/q-2;+2. The second-order valence-electron chi connectivity index (χ2n) is 8.74. The maximum atomic E-state index is 4.94. The predicted molar refractivity (Wildman–Crippen MR) is 132 cm³/mol. The van der Waals surface area contributed by atoms with Crippen LogP contribution in [0, 0.1) is 12.1 Å². The molecular formula is C29H22N4Pt. The van der Waals surface area contributed by atoms with Gasteiger partial charge < -0.3 is 0 Å². The van der Waals surface area contributed by atoms with Gasteiger partial charge in [0.15, 0.2) is 0 Å². The minimum absolute atomic E-state index is 0. The Bertz CT molecular complexity index is 1480. The Kier molecular flexibility index (Phi) is 5.71. The van der Waals surface area contributed by atoms with Crippen molar-refractivity contribution >= 4 is 21.5 Å². The third-order valence-corrected chi connectivity index (χ3v) is 6.31. The molecule has 0 atom stereocenters. The van der Waals surface area contributed by atoms with E-state index >= 15 is 0 Å². The van der Waals surface area contributed by atoms with Crippen LogP contribution in [0.1, 0.15) is 25.2 Å². The van der Waals surface area contributed by atoms with Crippen molar-refractivity contribution in [2.45, 2.75) is 19.3 Å². The summed E-state index contributed by atoms with van der Waals surface area (Å²) in [5, 5.41) is 14.5. The van der Waals surface area contributed by atoms with E-state index in [-0.39, 0.29) is 26.5 Å². The monoisotopic (exact) mass is 621 g/mol. The van der Waals surface area contributed by atoms with Crippen molar-refractivity contribution in [3.05, 3.63) is 121 Å². The van der Waals surface area contributed by atoms with Gasteiger partial charge in [-0.05, 0) is 37.4 Å². The summed E-state index contributed by atoms with van der Waals surface area (Å²) in [6.45, 7) is 4.32. The quantitative estimate of drug-likeness (QED) is 0.217. The third kappa shape index (κ3) is 3.69. The zero-order valence-corrected chi connectivity index (χ0v) is 21.1. The van der Waals surface area contributed by atoms with Crippen molar-refractivity contribution in [3.63, 3.8) is 0 Å². The molecule has 168 valence electrons. The second kappa shape index (κ2) is 8.70. The summed E-state index contributed by atoms with van der Waals surface area (Å²) >= 11 is 0. The van der Waals surface area contributed by atoms with E-state index < -0.39 is 0 Å². The maximum Gasteiger partial charge on any atom is 2.00 e. The zero-order valence-electron chi connectivity index (χ0n) is 18.8. The van der Waals surface area contributed by atoms with Gasteiger partial charge >= 0.3 is 21.1 Å². The summed E-state index contributed by atoms with van der Waals surface area (Å²) in [5.41, 5.74) is 3.44.